The molecular formula is C20H23N3O3. The van der Waals surface area contributed by atoms with E-state index in [0.717, 1.165) is 19.3 Å². The number of aromatic nitrogens is 1. The first-order valence-electron chi connectivity index (χ1n) is 8.94. The summed E-state index contributed by atoms with van der Waals surface area (Å²) in [7, 11) is 0. The second-order valence-corrected chi connectivity index (χ2v) is 6.81. The molecule has 0 radical (unpaired) electrons. The van der Waals surface area contributed by atoms with E-state index >= 15 is 0 Å². The zero-order chi connectivity index (χ0) is 18.5. The Morgan fingerprint density at radius 2 is 1.65 bits per heavy atom. The van der Waals surface area contributed by atoms with Crippen molar-refractivity contribution in [3.05, 3.63) is 64.1 Å². The number of hydrogen-bond acceptors (Lipinski definition) is 3. The molecule has 1 aromatic carbocycles. The third kappa shape index (κ3) is 4.39. The van der Waals surface area contributed by atoms with E-state index in [0.29, 0.717) is 22.7 Å². The molecule has 136 valence electrons. The lowest BCUT2D eigenvalue weighted by atomic mass is 9.86. The highest BCUT2D eigenvalue weighted by molar-refractivity contribution is 6.04. The van der Waals surface area contributed by atoms with Crippen LogP contribution in [0.15, 0.2) is 47.4 Å². The quantitative estimate of drug-likeness (QED) is 0.789. The summed E-state index contributed by atoms with van der Waals surface area (Å²) in [6.45, 7) is 2.18. The zero-order valence-corrected chi connectivity index (χ0v) is 14.7. The third-order valence-corrected chi connectivity index (χ3v) is 4.88. The van der Waals surface area contributed by atoms with Crippen LogP contribution in [0.2, 0.25) is 0 Å². The van der Waals surface area contributed by atoms with Crippen molar-refractivity contribution >= 4 is 17.5 Å². The number of benzene rings is 1. The summed E-state index contributed by atoms with van der Waals surface area (Å²) in [5, 5.41) is 5.86. The van der Waals surface area contributed by atoms with Crippen LogP contribution in [-0.2, 0) is 0 Å². The van der Waals surface area contributed by atoms with Crippen molar-refractivity contribution in [1.82, 2.24) is 10.3 Å². The van der Waals surface area contributed by atoms with Gasteiger partial charge in [-0.25, -0.2) is 0 Å². The monoisotopic (exact) mass is 353 g/mol. The fourth-order valence-corrected chi connectivity index (χ4v) is 3.24. The molecule has 3 rings (SSSR count). The van der Waals surface area contributed by atoms with Gasteiger partial charge in [0, 0.05) is 29.6 Å². The maximum Gasteiger partial charge on any atom is 0.257 e. The molecule has 6 heteroatoms. The van der Waals surface area contributed by atoms with Gasteiger partial charge >= 0.3 is 0 Å². The van der Waals surface area contributed by atoms with Crippen LogP contribution in [0.4, 0.5) is 5.69 Å². The number of H-pyrrole nitrogens is 1. The molecule has 0 saturated heterocycles. The zero-order valence-electron chi connectivity index (χ0n) is 14.7. The van der Waals surface area contributed by atoms with Gasteiger partial charge in [0.2, 0.25) is 5.56 Å². The van der Waals surface area contributed by atoms with Gasteiger partial charge in [0.05, 0.1) is 5.56 Å². The number of rotatable bonds is 4. The topological polar surface area (TPSA) is 91.1 Å². The van der Waals surface area contributed by atoms with Crippen LogP contribution in [0.5, 0.6) is 0 Å². The molecule has 6 nitrogen and oxygen atoms in total. The number of pyridine rings is 1. The summed E-state index contributed by atoms with van der Waals surface area (Å²) in [6.07, 6.45) is 5.94. The molecule has 2 unspecified atom stereocenters. The van der Waals surface area contributed by atoms with Crippen molar-refractivity contribution in [2.75, 3.05) is 5.32 Å². The standard InChI is InChI=1S/C20H23N3O3/c1-13-4-2-3-5-17(13)23-19(25)14-6-9-16(10-7-14)22-20(26)15-8-11-18(24)21-12-15/h6-13,17H,2-5H2,1H3,(H,21,24)(H,22,26)(H,23,25). The minimum Gasteiger partial charge on any atom is -0.349 e. The van der Waals surface area contributed by atoms with Gasteiger partial charge in [0.25, 0.3) is 11.8 Å². The van der Waals surface area contributed by atoms with Gasteiger partial charge in [-0.3, -0.25) is 14.4 Å². The first-order chi connectivity index (χ1) is 12.5. The van der Waals surface area contributed by atoms with Gasteiger partial charge in [-0.05, 0) is 49.1 Å². The summed E-state index contributed by atoms with van der Waals surface area (Å²) in [5.41, 5.74) is 1.26. The Morgan fingerprint density at radius 1 is 0.962 bits per heavy atom. The van der Waals surface area contributed by atoms with E-state index in [1.807, 2.05) is 0 Å². The lowest BCUT2D eigenvalue weighted by Gasteiger charge is -2.29. The van der Waals surface area contributed by atoms with Crippen LogP contribution >= 0.6 is 0 Å². The van der Waals surface area contributed by atoms with Crippen LogP contribution in [-0.4, -0.2) is 22.8 Å². The highest BCUT2D eigenvalue weighted by atomic mass is 16.2. The fourth-order valence-electron chi connectivity index (χ4n) is 3.24. The van der Waals surface area contributed by atoms with Crippen LogP contribution in [0.3, 0.4) is 0 Å². The van der Waals surface area contributed by atoms with E-state index in [1.165, 1.54) is 24.8 Å². The first-order valence-corrected chi connectivity index (χ1v) is 8.94. The van der Waals surface area contributed by atoms with E-state index in [-0.39, 0.29) is 23.4 Å². The Kier molecular flexibility index (Phi) is 5.51. The summed E-state index contributed by atoms with van der Waals surface area (Å²) in [5.74, 6) is 0.0975. The Hall–Kier alpha value is -2.89. The van der Waals surface area contributed by atoms with Crippen LogP contribution in [0.25, 0.3) is 0 Å². The van der Waals surface area contributed by atoms with E-state index in [9.17, 15) is 14.4 Å². The molecule has 0 bridgehead atoms. The Labute approximate surface area is 152 Å². The average Bonchev–Trinajstić information content (AvgIpc) is 2.64. The van der Waals surface area contributed by atoms with Crippen molar-refractivity contribution in [3.63, 3.8) is 0 Å². The number of anilines is 1. The highest BCUT2D eigenvalue weighted by Gasteiger charge is 2.23. The van der Waals surface area contributed by atoms with E-state index in [4.69, 9.17) is 0 Å². The molecule has 1 heterocycles. The molecule has 1 saturated carbocycles. The second kappa shape index (κ2) is 7.99. The average molecular weight is 353 g/mol. The number of hydrogen-bond donors (Lipinski definition) is 3. The van der Waals surface area contributed by atoms with Crippen LogP contribution in [0.1, 0.15) is 53.3 Å². The first kappa shape index (κ1) is 17.9. The summed E-state index contributed by atoms with van der Waals surface area (Å²) in [6, 6.07) is 9.79. The highest BCUT2D eigenvalue weighted by Crippen LogP contribution is 2.24. The summed E-state index contributed by atoms with van der Waals surface area (Å²) < 4.78 is 0. The maximum absolute atomic E-state index is 12.4. The van der Waals surface area contributed by atoms with Crippen molar-refractivity contribution in [2.24, 2.45) is 5.92 Å². The van der Waals surface area contributed by atoms with Gasteiger partial charge in [-0.15, -0.1) is 0 Å². The Balaban J connectivity index is 1.60. The lowest BCUT2D eigenvalue weighted by molar-refractivity contribution is 0.0910. The second-order valence-electron chi connectivity index (χ2n) is 6.81. The molecule has 26 heavy (non-hydrogen) atoms. The lowest BCUT2D eigenvalue weighted by Crippen LogP contribution is -2.41. The van der Waals surface area contributed by atoms with Gasteiger partial charge in [-0.2, -0.15) is 0 Å². The van der Waals surface area contributed by atoms with E-state index in [1.54, 1.807) is 24.3 Å². The third-order valence-electron chi connectivity index (χ3n) is 4.88. The number of amides is 2. The molecule has 1 aliphatic rings. The molecule has 2 atom stereocenters. The fraction of sp³-hybridized carbons (Fsp3) is 0.350. The van der Waals surface area contributed by atoms with Gasteiger partial charge in [0.15, 0.2) is 0 Å². The molecule has 2 amide bonds. The van der Waals surface area contributed by atoms with E-state index < -0.39 is 0 Å². The number of nitrogens with one attached hydrogen (secondary N) is 3. The SMILES string of the molecule is CC1CCCCC1NC(=O)c1ccc(NC(=O)c2ccc(=O)[nH]c2)cc1. The predicted molar refractivity (Wildman–Crippen MR) is 100 cm³/mol. The molecule has 0 aliphatic heterocycles. The van der Waals surface area contributed by atoms with Crippen LogP contribution < -0.4 is 16.2 Å². The normalized spacial score (nSPS) is 19.6. The Morgan fingerprint density at radius 3 is 2.31 bits per heavy atom. The predicted octanol–water partition coefficient (Wildman–Crippen LogP) is 2.94. The van der Waals surface area contributed by atoms with Crippen molar-refractivity contribution in [2.45, 2.75) is 38.6 Å². The van der Waals surface area contributed by atoms with E-state index in [2.05, 4.69) is 22.5 Å². The maximum atomic E-state index is 12.4. The number of carbonyl (C=O) groups is 2. The number of carbonyl (C=O) groups excluding carboxylic acids is 2. The molecule has 1 aromatic heterocycles. The molecule has 1 fully saturated rings. The Bertz CT molecular complexity index is 822. The van der Waals surface area contributed by atoms with Gasteiger partial charge in [-0.1, -0.05) is 19.8 Å². The number of aromatic amines is 1. The van der Waals surface area contributed by atoms with Gasteiger partial charge < -0.3 is 15.6 Å². The summed E-state index contributed by atoms with van der Waals surface area (Å²) >= 11 is 0. The largest absolute Gasteiger partial charge is 0.349 e. The molecule has 3 N–H and O–H groups in total. The molecule has 1 aliphatic carbocycles. The molecule has 2 aromatic rings. The van der Waals surface area contributed by atoms with Gasteiger partial charge in [0.1, 0.15) is 0 Å². The molecular weight excluding hydrogens is 330 g/mol. The van der Waals surface area contributed by atoms with Crippen molar-refractivity contribution < 1.29 is 9.59 Å². The molecule has 0 spiro atoms. The minimum absolute atomic E-state index is 0.0812. The van der Waals surface area contributed by atoms with Crippen molar-refractivity contribution in [3.8, 4) is 0 Å². The summed E-state index contributed by atoms with van der Waals surface area (Å²) in [4.78, 5) is 38.0. The smallest absolute Gasteiger partial charge is 0.257 e. The van der Waals surface area contributed by atoms with Crippen molar-refractivity contribution in [1.29, 1.82) is 0 Å². The van der Waals surface area contributed by atoms with Crippen LogP contribution in [0, 0.1) is 5.92 Å². The minimum atomic E-state index is -0.325.